The van der Waals surface area contributed by atoms with Gasteiger partial charge in [-0.2, -0.15) is 5.10 Å². The van der Waals surface area contributed by atoms with Gasteiger partial charge in [-0.1, -0.05) is 43.6 Å². The van der Waals surface area contributed by atoms with E-state index >= 15 is 0 Å². The normalized spacial score (nSPS) is 12.8. The zero-order valence-electron chi connectivity index (χ0n) is 15.5. The second-order valence-corrected chi connectivity index (χ2v) is 7.12. The molecule has 5 heteroatoms. The molecule has 1 aromatic carbocycles. The van der Waals surface area contributed by atoms with Gasteiger partial charge in [0.05, 0.1) is 12.2 Å². The minimum Gasteiger partial charge on any atom is -0.350 e. The summed E-state index contributed by atoms with van der Waals surface area (Å²) in [6.07, 6.45) is 3.42. The van der Waals surface area contributed by atoms with E-state index < -0.39 is 0 Å². The quantitative estimate of drug-likeness (QED) is 0.778. The molecule has 1 N–H and O–H groups in total. The number of aryl methyl sites for hydroxylation is 1. The second kappa shape index (κ2) is 8.34. The first kappa shape index (κ1) is 19.3. The third-order valence-corrected chi connectivity index (χ3v) is 4.86. The van der Waals surface area contributed by atoms with Crippen LogP contribution in [0.1, 0.15) is 43.3 Å². The van der Waals surface area contributed by atoms with Gasteiger partial charge >= 0.3 is 0 Å². The monoisotopic (exact) mass is 359 g/mol. The van der Waals surface area contributed by atoms with Crippen molar-refractivity contribution in [2.45, 2.75) is 47.2 Å². The van der Waals surface area contributed by atoms with Crippen LogP contribution in [0.3, 0.4) is 0 Å². The van der Waals surface area contributed by atoms with Crippen molar-refractivity contribution in [3.63, 3.8) is 0 Å². The number of carbonyl (C=O) groups excluding carboxylic acids is 1. The average molecular weight is 360 g/mol. The van der Waals surface area contributed by atoms with Crippen LogP contribution >= 0.6 is 11.6 Å². The first-order chi connectivity index (χ1) is 11.8. The fourth-order valence-electron chi connectivity index (χ4n) is 2.49. The fourth-order valence-corrected chi connectivity index (χ4v) is 2.69. The maximum Gasteiger partial charge on any atom is 0.244 e. The van der Waals surface area contributed by atoms with E-state index in [9.17, 15) is 4.79 Å². The molecule has 0 aliphatic heterocycles. The Kier molecular flexibility index (Phi) is 6.43. The van der Waals surface area contributed by atoms with Gasteiger partial charge in [-0.25, -0.2) is 0 Å². The van der Waals surface area contributed by atoms with Crippen molar-refractivity contribution in [1.82, 2.24) is 15.1 Å². The number of halogens is 1. The number of benzene rings is 1. The van der Waals surface area contributed by atoms with Crippen LogP contribution in [0.15, 0.2) is 30.3 Å². The summed E-state index contributed by atoms with van der Waals surface area (Å²) in [5.74, 6) is 0.318. The van der Waals surface area contributed by atoms with Gasteiger partial charge in [-0.15, -0.1) is 0 Å². The molecule has 0 saturated heterocycles. The van der Waals surface area contributed by atoms with Crippen molar-refractivity contribution in [2.24, 2.45) is 5.92 Å². The van der Waals surface area contributed by atoms with Gasteiger partial charge in [0, 0.05) is 28.4 Å². The summed E-state index contributed by atoms with van der Waals surface area (Å²) < 4.78 is 1.92. The van der Waals surface area contributed by atoms with Crippen LogP contribution in [-0.4, -0.2) is 21.7 Å². The van der Waals surface area contributed by atoms with E-state index in [2.05, 4.69) is 24.3 Å². The molecule has 2 rings (SSSR count). The molecule has 1 atom stereocenters. The lowest BCUT2D eigenvalue weighted by atomic mass is 10.1. The fraction of sp³-hybridized carbons (Fsp3) is 0.400. The van der Waals surface area contributed by atoms with E-state index in [1.54, 1.807) is 6.08 Å². The molecule has 0 radical (unpaired) electrons. The Morgan fingerprint density at radius 1 is 1.28 bits per heavy atom. The van der Waals surface area contributed by atoms with Crippen LogP contribution in [0.5, 0.6) is 0 Å². The highest BCUT2D eigenvalue weighted by atomic mass is 35.5. The number of nitrogens with one attached hydrogen (secondary N) is 1. The van der Waals surface area contributed by atoms with Crippen LogP contribution in [0.2, 0.25) is 5.02 Å². The van der Waals surface area contributed by atoms with Gasteiger partial charge < -0.3 is 5.32 Å². The molecule has 0 fully saturated rings. The molecule has 0 spiro atoms. The van der Waals surface area contributed by atoms with Gasteiger partial charge in [0.25, 0.3) is 0 Å². The van der Waals surface area contributed by atoms with Crippen molar-refractivity contribution in [3.05, 3.63) is 57.9 Å². The number of amides is 1. The predicted molar refractivity (Wildman–Crippen MR) is 104 cm³/mol. The summed E-state index contributed by atoms with van der Waals surface area (Å²) in [4.78, 5) is 12.1. The predicted octanol–water partition coefficient (Wildman–Crippen LogP) is 4.38. The Bertz CT molecular complexity index is 777. The zero-order valence-corrected chi connectivity index (χ0v) is 16.3. The highest BCUT2D eigenvalue weighted by Gasteiger charge is 2.12. The molecule has 0 aliphatic rings. The Balaban J connectivity index is 2.15. The molecule has 0 bridgehead atoms. The van der Waals surface area contributed by atoms with Crippen molar-refractivity contribution in [3.8, 4) is 0 Å². The molecule has 0 saturated carbocycles. The topological polar surface area (TPSA) is 46.9 Å². The summed E-state index contributed by atoms with van der Waals surface area (Å²) in [5.41, 5.74) is 3.90. The highest BCUT2D eigenvalue weighted by Crippen LogP contribution is 2.20. The van der Waals surface area contributed by atoms with E-state index in [1.165, 1.54) is 0 Å². The molecular formula is C20H26ClN3O. The number of hydrogen-bond donors (Lipinski definition) is 1. The minimum atomic E-state index is -0.0844. The van der Waals surface area contributed by atoms with Crippen LogP contribution in [0.25, 0.3) is 6.08 Å². The summed E-state index contributed by atoms with van der Waals surface area (Å²) >= 11 is 6.24. The lowest BCUT2D eigenvalue weighted by Gasteiger charge is -2.15. The van der Waals surface area contributed by atoms with E-state index in [0.29, 0.717) is 12.5 Å². The Labute approximate surface area is 154 Å². The smallest absolute Gasteiger partial charge is 0.244 e. The van der Waals surface area contributed by atoms with Crippen molar-refractivity contribution >= 4 is 23.6 Å². The minimum absolute atomic E-state index is 0.0844. The van der Waals surface area contributed by atoms with Crippen LogP contribution in [-0.2, 0) is 11.3 Å². The van der Waals surface area contributed by atoms with E-state index in [-0.39, 0.29) is 11.9 Å². The molecule has 1 amide bonds. The van der Waals surface area contributed by atoms with E-state index in [4.69, 9.17) is 11.6 Å². The molecule has 134 valence electrons. The molecule has 1 aromatic heterocycles. The van der Waals surface area contributed by atoms with Gasteiger partial charge in [0.1, 0.15) is 0 Å². The standard InChI is InChI=1S/C20H26ClN3O/c1-13(2)14(3)22-20(25)11-10-18-15(4)23-24(16(18)5)12-17-8-6-7-9-19(17)21/h6-11,13-14H,12H2,1-5H3,(H,22,25)/b11-10+. The molecule has 1 unspecified atom stereocenters. The number of carbonyl (C=O) groups is 1. The number of aromatic nitrogens is 2. The summed E-state index contributed by atoms with van der Waals surface area (Å²) in [6.45, 7) is 10.7. The third kappa shape index (κ3) is 4.95. The van der Waals surface area contributed by atoms with Crippen LogP contribution in [0, 0.1) is 19.8 Å². The summed E-state index contributed by atoms with van der Waals surface area (Å²) in [5, 5.41) is 8.29. The zero-order chi connectivity index (χ0) is 18.6. The average Bonchev–Trinajstić information content (AvgIpc) is 2.81. The second-order valence-electron chi connectivity index (χ2n) is 6.71. The van der Waals surface area contributed by atoms with Gasteiger partial charge in [0.15, 0.2) is 0 Å². The number of rotatable bonds is 6. The van der Waals surface area contributed by atoms with E-state index in [0.717, 1.165) is 27.5 Å². The first-order valence-electron chi connectivity index (χ1n) is 8.55. The largest absolute Gasteiger partial charge is 0.350 e. The molecule has 25 heavy (non-hydrogen) atoms. The summed E-state index contributed by atoms with van der Waals surface area (Å²) in [6, 6.07) is 7.90. The van der Waals surface area contributed by atoms with Crippen molar-refractivity contribution in [1.29, 1.82) is 0 Å². The Morgan fingerprint density at radius 2 is 1.96 bits per heavy atom. The number of nitrogens with zero attached hydrogens (tertiary/aromatic N) is 2. The molecule has 2 aromatic rings. The number of hydrogen-bond acceptors (Lipinski definition) is 2. The highest BCUT2D eigenvalue weighted by molar-refractivity contribution is 6.31. The molecular weight excluding hydrogens is 334 g/mol. The SMILES string of the molecule is Cc1nn(Cc2ccccc2Cl)c(C)c1/C=C/C(=O)NC(C)C(C)C. The van der Waals surface area contributed by atoms with E-state index in [1.807, 2.05) is 55.8 Å². The van der Waals surface area contributed by atoms with Gasteiger partial charge in [-0.05, 0) is 44.4 Å². The lowest BCUT2D eigenvalue weighted by molar-refractivity contribution is -0.117. The van der Waals surface area contributed by atoms with Crippen molar-refractivity contribution < 1.29 is 4.79 Å². The molecule has 4 nitrogen and oxygen atoms in total. The molecule has 1 heterocycles. The Morgan fingerprint density at radius 3 is 2.60 bits per heavy atom. The van der Waals surface area contributed by atoms with Crippen LogP contribution in [0.4, 0.5) is 0 Å². The molecule has 0 aliphatic carbocycles. The summed E-state index contributed by atoms with van der Waals surface area (Å²) in [7, 11) is 0. The lowest BCUT2D eigenvalue weighted by Crippen LogP contribution is -2.34. The van der Waals surface area contributed by atoms with Crippen LogP contribution < -0.4 is 5.32 Å². The van der Waals surface area contributed by atoms with Gasteiger partial charge in [0.2, 0.25) is 5.91 Å². The van der Waals surface area contributed by atoms with Gasteiger partial charge in [-0.3, -0.25) is 9.48 Å². The maximum atomic E-state index is 12.1. The Hall–Kier alpha value is -2.07. The maximum absolute atomic E-state index is 12.1. The first-order valence-corrected chi connectivity index (χ1v) is 8.93. The third-order valence-electron chi connectivity index (χ3n) is 4.49. The van der Waals surface area contributed by atoms with Crippen molar-refractivity contribution in [2.75, 3.05) is 0 Å².